The molecule has 1 unspecified atom stereocenters. The summed E-state index contributed by atoms with van der Waals surface area (Å²) in [6.45, 7) is 2.67. The molecule has 1 aromatic rings. The first kappa shape index (κ1) is 13.4. The molecule has 0 saturated carbocycles. The molecule has 0 bridgehead atoms. The minimum atomic E-state index is -0.464. The van der Waals surface area contributed by atoms with Gasteiger partial charge in [0.15, 0.2) is 0 Å². The summed E-state index contributed by atoms with van der Waals surface area (Å²) in [5, 5.41) is 0. The van der Waals surface area contributed by atoms with Crippen LogP contribution in [-0.2, 0) is 9.53 Å². The predicted molar refractivity (Wildman–Crippen MR) is 71.5 cm³/mol. The summed E-state index contributed by atoms with van der Waals surface area (Å²) >= 11 is 0. The zero-order chi connectivity index (χ0) is 13.8. The van der Waals surface area contributed by atoms with Crippen LogP contribution in [0.2, 0.25) is 0 Å². The Balaban J connectivity index is 2.16. The Labute approximate surface area is 112 Å². The Bertz CT molecular complexity index is 487. The number of benzene rings is 1. The molecular weight excluding hydrogens is 244 g/mol. The second-order valence-corrected chi connectivity index (χ2v) is 4.53. The molecule has 2 N–H and O–H groups in total. The number of carbonyl (C=O) groups excluding carboxylic acids is 2. The number of rotatable bonds is 3. The van der Waals surface area contributed by atoms with Crippen LogP contribution in [0.4, 0.5) is 5.69 Å². The van der Waals surface area contributed by atoms with Gasteiger partial charge in [0.2, 0.25) is 0 Å². The standard InChI is InChI=1S/C14H18N2O3/c1-2-19-14(18)12-7-4-8-16(12)13(17)10-5-3-6-11(15)9-10/h3,5-6,9,12H,2,4,7-8,15H2,1H3. The van der Waals surface area contributed by atoms with Crippen LogP contribution in [-0.4, -0.2) is 36.0 Å². The molecule has 1 amide bonds. The number of anilines is 1. The largest absolute Gasteiger partial charge is 0.464 e. The van der Waals surface area contributed by atoms with E-state index in [-0.39, 0.29) is 11.9 Å². The Hall–Kier alpha value is -2.04. The normalized spacial score (nSPS) is 18.4. The molecule has 2 rings (SSSR count). The minimum Gasteiger partial charge on any atom is -0.464 e. The molecule has 1 atom stereocenters. The fourth-order valence-electron chi connectivity index (χ4n) is 2.33. The van der Waals surface area contributed by atoms with Crippen LogP contribution >= 0.6 is 0 Å². The molecule has 1 fully saturated rings. The number of likely N-dealkylation sites (tertiary alicyclic amines) is 1. The Kier molecular flexibility index (Phi) is 4.04. The molecule has 1 aliphatic rings. The third-order valence-corrected chi connectivity index (χ3v) is 3.21. The van der Waals surface area contributed by atoms with E-state index in [1.807, 2.05) is 0 Å². The SMILES string of the molecule is CCOC(=O)C1CCCN1C(=O)c1cccc(N)c1. The van der Waals surface area contributed by atoms with Crippen LogP contribution in [0.15, 0.2) is 24.3 Å². The summed E-state index contributed by atoms with van der Waals surface area (Å²) in [7, 11) is 0. The van der Waals surface area contributed by atoms with Crippen molar-refractivity contribution >= 4 is 17.6 Å². The number of nitrogen functional groups attached to an aromatic ring is 1. The lowest BCUT2D eigenvalue weighted by Crippen LogP contribution is -2.41. The van der Waals surface area contributed by atoms with Gasteiger partial charge in [-0.25, -0.2) is 4.79 Å². The lowest BCUT2D eigenvalue weighted by molar-refractivity contribution is -0.147. The van der Waals surface area contributed by atoms with E-state index in [0.29, 0.717) is 30.8 Å². The van der Waals surface area contributed by atoms with Crippen LogP contribution in [0.1, 0.15) is 30.1 Å². The average molecular weight is 262 g/mol. The average Bonchev–Trinajstić information content (AvgIpc) is 2.87. The predicted octanol–water partition coefficient (Wildman–Crippen LogP) is 1.44. The van der Waals surface area contributed by atoms with Crippen LogP contribution in [0.3, 0.4) is 0 Å². The number of hydrogen-bond donors (Lipinski definition) is 1. The van der Waals surface area contributed by atoms with E-state index >= 15 is 0 Å². The van der Waals surface area contributed by atoms with Gasteiger partial charge in [-0.1, -0.05) is 6.07 Å². The van der Waals surface area contributed by atoms with Crippen LogP contribution in [0, 0.1) is 0 Å². The molecular formula is C14H18N2O3. The minimum absolute atomic E-state index is 0.164. The maximum absolute atomic E-state index is 12.4. The summed E-state index contributed by atoms with van der Waals surface area (Å²) in [5.41, 5.74) is 6.72. The van der Waals surface area contributed by atoms with Crippen LogP contribution in [0.5, 0.6) is 0 Å². The molecule has 1 aliphatic heterocycles. The van der Waals surface area contributed by atoms with Gasteiger partial charge in [-0.3, -0.25) is 4.79 Å². The molecule has 1 aromatic carbocycles. The first-order valence-corrected chi connectivity index (χ1v) is 6.46. The highest BCUT2D eigenvalue weighted by Crippen LogP contribution is 2.22. The van der Waals surface area contributed by atoms with Gasteiger partial charge >= 0.3 is 5.97 Å². The second-order valence-electron chi connectivity index (χ2n) is 4.53. The molecule has 102 valence electrons. The van der Waals surface area contributed by atoms with E-state index in [1.54, 1.807) is 36.1 Å². The third-order valence-electron chi connectivity index (χ3n) is 3.21. The van der Waals surface area contributed by atoms with E-state index in [9.17, 15) is 9.59 Å². The molecule has 5 nitrogen and oxygen atoms in total. The van der Waals surface area contributed by atoms with Gasteiger partial charge < -0.3 is 15.4 Å². The Morgan fingerprint density at radius 2 is 2.26 bits per heavy atom. The maximum Gasteiger partial charge on any atom is 0.328 e. The highest BCUT2D eigenvalue weighted by molar-refractivity contribution is 5.97. The second kappa shape index (κ2) is 5.73. The van der Waals surface area contributed by atoms with Gasteiger partial charge in [-0.15, -0.1) is 0 Å². The molecule has 0 aliphatic carbocycles. The van der Waals surface area contributed by atoms with E-state index in [2.05, 4.69) is 0 Å². The number of nitrogens with two attached hydrogens (primary N) is 1. The number of hydrogen-bond acceptors (Lipinski definition) is 4. The zero-order valence-corrected chi connectivity index (χ0v) is 11.0. The monoisotopic (exact) mass is 262 g/mol. The van der Waals surface area contributed by atoms with E-state index < -0.39 is 6.04 Å². The fraction of sp³-hybridized carbons (Fsp3) is 0.429. The van der Waals surface area contributed by atoms with Crippen molar-refractivity contribution in [3.05, 3.63) is 29.8 Å². The molecule has 0 aromatic heterocycles. The van der Waals surface area contributed by atoms with Crippen molar-refractivity contribution in [1.29, 1.82) is 0 Å². The number of nitrogens with zero attached hydrogens (tertiary/aromatic N) is 1. The van der Waals surface area contributed by atoms with Crippen molar-refractivity contribution in [3.63, 3.8) is 0 Å². The van der Waals surface area contributed by atoms with Crippen molar-refractivity contribution in [2.24, 2.45) is 0 Å². The van der Waals surface area contributed by atoms with Gasteiger partial charge in [0.25, 0.3) is 5.91 Å². The molecule has 5 heteroatoms. The summed E-state index contributed by atoms with van der Waals surface area (Å²) < 4.78 is 5.01. The smallest absolute Gasteiger partial charge is 0.328 e. The maximum atomic E-state index is 12.4. The summed E-state index contributed by atoms with van der Waals surface area (Å²) in [4.78, 5) is 25.8. The van der Waals surface area contributed by atoms with Gasteiger partial charge in [-0.05, 0) is 38.0 Å². The van der Waals surface area contributed by atoms with Crippen LogP contribution < -0.4 is 5.73 Å². The first-order chi connectivity index (χ1) is 9.13. The molecule has 1 saturated heterocycles. The fourth-order valence-corrected chi connectivity index (χ4v) is 2.33. The quantitative estimate of drug-likeness (QED) is 0.660. The molecule has 1 heterocycles. The Morgan fingerprint density at radius 3 is 2.95 bits per heavy atom. The van der Waals surface area contributed by atoms with Crippen molar-refractivity contribution in [3.8, 4) is 0 Å². The topological polar surface area (TPSA) is 72.6 Å². The third kappa shape index (κ3) is 2.86. The number of amides is 1. The van der Waals surface area contributed by atoms with E-state index in [1.165, 1.54) is 0 Å². The highest BCUT2D eigenvalue weighted by atomic mass is 16.5. The van der Waals surface area contributed by atoms with Crippen LogP contribution in [0.25, 0.3) is 0 Å². The van der Waals surface area contributed by atoms with Gasteiger partial charge in [0, 0.05) is 17.8 Å². The molecule has 0 radical (unpaired) electrons. The van der Waals surface area contributed by atoms with Crippen molar-refractivity contribution in [2.45, 2.75) is 25.8 Å². The van der Waals surface area contributed by atoms with Gasteiger partial charge in [0.1, 0.15) is 6.04 Å². The lowest BCUT2D eigenvalue weighted by atomic mass is 10.1. The number of esters is 1. The lowest BCUT2D eigenvalue weighted by Gasteiger charge is -2.23. The van der Waals surface area contributed by atoms with Gasteiger partial charge in [0.05, 0.1) is 6.61 Å². The number of ether oxygens (including phenoxy) is 1. The number of carbonyl (C=O) groups is 2. The molecule has 19 heavy (non-hydrogen) atoms. The zero-order valence-electron chi connectivity index (χ0n) is 11.0. The van der Waals surface area contributed by atoms with Gasteiger partial charge in [-0.2, -0.15) is 0 Å². The Morgan fingerprint density at radius 1 is 1.47 bits per heavy atom. The molecule has 0 spiro atoms. The van der Waals surface area contributed by atoms with Crippen molar-refractivity contribution in [2.75, 3.05) is 18.9 Å². The summed E-state index contributed by atoms with van der Waals surface area (Å²) in [5.74, 6) is -0.486. The highest BCUT2D eigenvalue weighted by Gasteiger charge is 2.35. The van der Waals surface area contributed by atoms with E-state index in [4.69, 9.17) is 10.5 Å². The summed E-state index contributed by atoms with van der Waals surface area (Å²) in [6, 6.07) is 6.33. The first-order valence-electron chi connectivity index (χ1n) is 6.46. The van der Waals surface area contributed by atoms with Crippen molar-refractivity contribution < 1.29 is 14.3 Å². The van der Waals surface area contributed by atoms with E-state index in [0.717, 1.165) is 6.42 Å². The summed E-state index contributed by atoms with van der Waals surface area (Å²) in [6.07, 6.45) is 1.48. The van der Waals surface area contributed by atoms with Crippen molar-refractivity contribution in [1.82, 2.24) is 4.90 Å².